The molecule has 1 aromatic heterocycles. The van der Waals surface area contributed by atoms with Gasteiger partial charge in [-0.2, -0.15) is 0 Å². The minimum atomic E-state index is -0.379. The van der Waals surface area contributed by atoms with Gasteiger partial charge in [-0.25, -0.2) is 9.97 Å². The molecule has 0 aromatic carbocycles. The first-order chi connectivity index (χ1) is 10.2. The molecule has 2 saturated heterocycles. The van der Waals surface area contributed by atoms with E-state index in [1.807, 2.05) is 4.90 Å². The number of nitrogens with one attached hydrogen (secondary N) is 1. The first-order valence-corrected chi connectivity index (χ1v) is 8.07. The van der Waals surface area contributed by atoms with Crippen molar-refractivity contribution in [3.05, 3.63) is 18.5 Å². The van der Waals surface area contributed by atoms with Gasteiger partial charge in [0.2, 0.25) is 17.8 Å². The normalized spacial score (nSPS) is 22.9. The Morgan fingerprint density at radius 2 is 1.95 bits per heavy atom. The van der Waals surface area contributed by atoms with Crippen LogP contribution >= 0.6 is 11.8 Å². The van der Waals surface area contributed by atoms with E-state index in [0.29, 0.717) is 43.6 Å². The Bertz CT molecular complexity index is 519. The average Bonchev–Trinajstić information content (AvgIpc) is 2.55. The lowest BCUT2D eigenvalue weighted by atomic mass is 10.2. The third-order valence-electron chi connectivity index (χ3n) is 3.58. The number of amides is 2. The Morgan fingerprint density at radius 3 is 2.62 bits per heavy atom. The van der Waals surface area contributed by atoms with Gasteiger partial charge in [0.25, 0.3) is 0 Å². The van der Waals surface area contributed by atoms with Crippen molar-refractivity contribution in [1.82, 2.24) is 20.2 Å². The Morgan fingerprint density at radius 1 is 1.24 bits per heavy atom. The number of thioether (sulfide) groups is 1. The van der Waals surface area contributed by atoms with Crippen molar-refractivity contribution in [2.24, 2.45) is 0 Å². The maximum atomic E-state index is 12.4. The first kappa shape index (κ1) is 14.1. The monoisotopic (exact) mass is 307 g/mol. The van der Waals surface area contributed by atoms with E-state index in [4.69, 9.17) is 0 Å². The number of piperazine rings is 1. The minimum Gasteiger partial charge on any atom is -0.343 e. The summed E-state index contributed by atoms with van der Waals surface area (Å²) in [4.78, 5) is 36.1. The van der Waals surface area contributed by atoms with Gasteiger partial charge in [0.15, 0.2) is 0 Å². The molecular weight excluding hydrogens is 290 g/mol. The Labute approximate surface area is 127 Å². The molecule has 112 valence electrons. The molecule has 0 saturated carbocycles. The minimum absolute atomic E-state index is 0.0178. The van der Waals surface area contributed by atoms with Crippen LogP contribution in [0.15, 0.2) is 18.5 Å². The van der Waals surface area contributed by atoms with Crippen LogP contribution in [0.1, 0.15) is 0 Å². The molecule has 1 unspecified atom stereocenters. The Hall–Kier alpha value is -1.83. The summed E-state index contributed by atoms with van der Waals surface area (Å²) in [7, 11) is 0. The van der Waals surface area contributed by atoms with E-state index in [2.05, 4.69) is 20.2 Å². The third kappa shape index (κ3) is 3.26. The summed E-state index contributed by atoms with van der Waals surface area (Å²) in [5.41, 5.74) is 0. The van der Waals surface area contributed by atoms with Crippen LogP contribution in [0.2, 0.25) is 0 Å². The Kier molecular flexibility index (Phi) is 4.23. The zero-order chi connectivity index (χ0) is 14.7. The lowest BCUT2D eigenvalue weighted by Crippen LogP contribution is -2.57. The van der Waals surface area contributed by atoms with Gasteiger partial charge in [0.05, 0.1) is 5.75 Å². The largest absolute Gasteiger partial charge is 0.343 e. The van der Waals surface area contributed by atoms with Crippen LogP contribution in [0.3, 0.4) is 0 Å². The number of hydrogen-bond donors (Lipinski definition) is 1. The molecule has 1 N–H and O–H groups in total. The Balaban J connectivity index is 1.55. The summed E-state index contributed by atoms with van der Waals surface area (Å²) in [5.74, 6) is 1.77. The van der Waals surface area contributed by atoms with E-state index < -0.39 is 0 Å². The first-order valence-electron chi connectivity index (χ1n) is 6.92. The lowest BCUT2D eigenvalue weighted by molar-refractivity contribution is -0.135. The summed E-state index contributed by atoms with van der Waals surface area (Å²) in [6.07, 6.45) is 3.43. The molecule has 3 rings (SSSR count). The number of anilines is 1. The zero-order valence-corrected chi connectivity index (χ0v) is 12.4. The predicted molar refractivity (Wildman–Crippen MR) is 80.1 cm³/mol. The SMILES string of the molecule is O=C1CSCC(C(=O)N2CCN(c3ncccn3)CC2)N1. The number of aromatic nitrogens is 2. The van der Waals surface area contributed by atoms with Crippen LogP contribution in [0.5, 0.6) is 0 Å². The van der Waals surface area contributed by atoms with Gasteiger partial charge in [0.1, 0.15) is 6.04 Å². The molecule has 0 bridgehead atoms. The van der Waals surface area contributed by atoms with Gasteiger partial charge in [-0.1, -0.05) is 0 Å². The van der Waals surface area contributed by atoms with Crippen molar-refractivity contribution in [3.63, 3.8) is 0 Å². The highest BCUT2D eigenvalue weighted by Gasteiger charge is 2.31. The molecule has 2 aliphatic heterocycles. The van der Waals surface area contributed by atoms with E-state index in [-0.39, 0.29) is 17.9 Å². The van der Waals surface area contributed by atoms with Crippen LogP contribution in [0.25, 0.3) is 0 Å². The van der Waals surface area contributed by atoms with E-state index in [0.717, 1.165) is 0 Å². The fourth-order valence-electron chi connectivity index (χ4n) is 2.48. The van der Waals surface area contributed by atoms with Crippen LogP contribution in [-0.2, 0) is 9.59 Å². The fourth-order valence-corrected chi connectivity index (χ4v) is 3.33. The van der Waals surface area contributed by atoms with Crippen LogP contribution in [-0.4, -0.2) is 70.4 Å². The van der Waals surface area contributed by atoms with E-state index >= 15 is 0 Å². The summed E-state index contributed by atoms with van der Waals surface area (Å²) in [5, 5.41) is 2.77. The van der Waals surface area contributed by atoms with Gasteiger partial charge >= 0.3 is 0 Å². The maximum absolute atomic E-state index is 12.4. The van der Waals surface area contributed by atoms with Gasteiger partial charge in [0, 0.05) is 44.3 Å². The molecule has 1 atom stereocenters. The van der Waals surface area contributed by atoms with Crippen molar-refractivity contribution in [1.29, 1.82) is 0 Å². The number of carbonyl (C=O) groups excluding carboxylic acids is 2. The number of rotatable bonds is 2. The molecule has 0 radical (unpaired) electrons. The van der Waals surface area contributed by atoms with Gasteiger partial charge in [-0.3, -0.25) is 9.59 Å². The summed E-state index contributed by atoms with van der Waals surface area (Å²) >= 11 is 1.51. The molecule has 2 aliphatic rings. The molecule has 0 spiro atoms. The van der Waals surface area contributed by atoms with Crippen LogP contribution in [0, 0.1) is 0 Å². The van der Waals surface area contributed by atoms with Crippen molar-refractivity contribution in [2.45, 2.75) is 6.04 Å². The topological polar surface area (TPSA) is 78.4 Å². The van der Waals surface area contributed by atoms with Gasteiger partial charge < -0.3 is 15.1 Å². The fraction of sp³-hybridized carbons (Fsp3) is 0.538. The third-order valence-corrected chi connectivity index (χ3v) is 4.61. The molecular formula is C13H17N5O2S. The second-order valence-corrected chi connectivity index (χ2v) is 6.03. The summed E-state index contributed by atoms with van der Waals surface area (Å²) < 4.78 is 0. The standard InChI is InChI=1S/C13H17N5O2S/c19-11-9-21-8-10(16-11)12(20)17-4-6-18(7-5-17)13-14-2-1-3-15-13/h1-3,10H,4-9H2,(H,16,19). The quantitative estimate of drug-likeness (QED) is 0.783. The van der Waals surface area contributed by atoms with Crippen molar-refractivity contribution >= 4 is 29.5 Å². The second kappa shape index (κ2) is 6.30. The number of hydrogen-bond acceptors (Lipinski definition) is 6. The smallest absolute Gasteiger partial charge is 0.246 e. The molecule has 1 aromatic rings. The van der Waals surface area contributed by atoms with Gasteiger partial charge in [-0.05, 0) is 6.07 Å². The molecule has 2 fully saturated rings. The molecule has 7 nitrogen and oxygen atoms in total. The molecule has 2 amide bonds. The van der Waals surface area contributed by atoms with Crippen molar-refractivity contribution in [3.8, 4) is 0 Å². The number of nitrogens with zero attached hydrogens (tertiary/aromatic N) is 4. The van der Waals surface area contributed by atoms with E-state index in [1.165, 1.54) is 11.8 Å². The zero-order valence-electron chi connectivity index (χ0n) is 11.6. The van der Waals surface area contributed by atoms with E-state index in [9.17, 15) is 9.59 Å². The summed E-state index contributed by atoms with van der Waals surface area (Å²) in [6, 6.07) is 1.41. The highest BCUT2D eigenvalue weighted by molar-refractivity contribution is 8.00. The predicted octanol–water partition coefficient (Wildman–Crippen LogP) is -0.643. The number of carbonyl (C=O) groups is 2. The molecule has 21 heavy (non-hydrogen) atoms. The van der Waals surface area contributed by atoms with Crippen LogP contribution in [0.4, 0.5) is 5.95 Å². The van der Waals surface area contributed by atoms with Crippen LogP contribution < -0.4 is 10.2 Å². The summed E-state index contributed by atoms with van der Waals surface area (Å²) in [6.45, 7) is 2.69. The highest BCUT2D eigenvalue weighted by Crippen LogP contribution is 2.14. The van der Waals surface area contributed by atoms with Crippen molar-refractivity contribution < 1.29 is 9.59 Å². The van der Waals surface area contributed by atoms with Gasteiger partial charge in [-0.15, -0.1) is 11.8 Å². The second-order valence-electron chi connectivity index (χ2n) is 5.00. The lowest BCUT2D eigenvalue weighted by Gasteiger charge is -2.37. The molecule has 3 heterocycles. The highest BCUT2D eigenvalue weighted by atomic mass is 32.2. The molecule has 8 heteroatoms. The molecule has 0 aliphatic carbocycles. The van der Waals surface area contributed by atoms with Crippen molar-refractivity contribution in [2.75, 3.05) is 42.6 Å². The van der Waals surface area contributed by atoms with E-state index in [1.54, 1.807) is 18.5 Å². The maximum Gasteiger partial charge on any atom is 0.246 e. The average molecular weight is 307 g/mol.